The minimum absolute atomic E-state index is 0.201. The zero-order chi connectivity index (χ0) is 15.0. The Balaban J connectivity index is 1.63. The van der Waals surface area contributed by atoms with Crippen molar-refractivity contribution in [2.75, 3.05) is 0 Å². The Morgan fingerprint density at radius 3 is 2.68 bits per heavy atom. The van der Waals surface area contributed by atoms with Crippen LogP contribution in [-0.4, -0.2) is 35.5 Å². The number of aliphatic imine (C=N–C) groups is 2. The summed E-state index contributed by atoms with van der Waals surface area (Å²) >= 11 is 0. The second-order valence-corrected chi connectivity index (χ2v) is 5.69. The van der Waals surface area contributed by atoms with Crippen LogP contribution in [0.5, 0.6) is 0 Å². The van der Waals surface area contributed by atoms with Gasteiger partial charge < -0.3 is 5.32 Å². The van der Waals surface area contributed by atoms with Gasteiger partial charge >= 0.3 is 0 Å². The lowest BCUT2D eigenvalue weighted by molar-refractivity contribution is 0.389. The van der Waals surface area contributed by atoms with Gasteiger partial charge in [-0.15, -0.1) is 0 Å². The van der Waals surface area contributed by atoms with Crippen molar-refractivity contribution in [1.29, 1.82) is 0 Å². The first-order chi connectivity index (χ1) is 10.9. The molecular weight excluding hydrogens is 272 g/mol. The molecule has 1 aromatic rings. The normalized spacial score (nSPS) is 28.3. The number of hydrogen-bond acceptors (Lipinski definition) is 4. The molecule has 2 heterocycles. The van der Waals surface area contributed by atoms with Gasteiger partial charge in [0.2, 0.25) is 0 Å². The minimum atomic E-state index is 0.201. The molecule has 1 aliphatic heterocycles. The molecule has 0 amide bonds. The molecular formula is C18H22N4. The molecule has 3 rings (SSSR count). The van der Waals surface area contributed by atoms with E-state index in [1.54, 1.807) is 6.20 Å². The van der Waals surface area contributed by atoms with Gasteiger partial charge in [0.1, 0.15) is 0 Å². The maximum Gasteiger partial charge on any atom is 0.0807 e. The first-order valence-corrected chi connectivity index (χ1v) is 7.99. The van der Waals surface area contributed by atoms with E-state index in [0.29, 0.717) is 0 Å². The molecule has 3 atom stereocenters. The highest BCUT2D eigenvalue weighted by atomic mass is 14.9. The Kier molecular flexibility index (Phi) is 5.13. The van der Waals surface area contributed by atoms with E-state index in [-0.39, 0.29) is 18.1 Å². The highest BCUT2D eigenvalue weighted by molar-refractivity contribution is 5.77. The van der Waals surface area contributed by atoms with Gasteiger partial charge in [-0.3, -0.25) is 15.0 Å². The fourth-order valence-corrected chi connectivity index (χ4v) is 2.82. The molecule has 4 nitrogen and oxygen atoms in total. The van der Waals surface area contributed by atoms with E-state index in [0.717, 1.165) is 18.5 Å². The summed E-state index contributed by atoms with van der Waals surface area (Å²) < 4.78 is 0. The van der Waals surface area contributed by atoms with Crippen LogP contribution in [0.4, 0.5) is 0 Å². The zero-order valence-corrected chi connectivity index (χ0v) is 12.7. The minimum Gasteiger partial charge on any atom is -0.380 e. The third-order valence-corrected chi connectivity index (χ3v) is 4.03. The van der Waals surface area contributed by atoms with Crippen molar-refractivity contribution >= 4 is 12.4 Å². The summed E-state index contributed by atoms with van der Waals surface area (Å²) in [6.45, 7) is 0. The second kappa shape index (κ2) is 7.69. The molecule has 0 bridgehead atoms. The summed E-state index contributed by atoms with van der Waals surface area (Å²) in [6.07, 6.45) is 18.5. The SMILES string of the molecule is C1=CNC(C=NC2CCCCC2N=Cc2ccccn2)C=C1. The van der Waals surface area contributed by atoms with Gasteiger partial charge in [0, 0.05) is 18.6 Å². The smallest absolute Gasteiger partial charge is 0.0807 e. The molecule has 1 saturated carbocycles. The number of pyridine rings is 1. The maximum absolute atomic E-state index is 4.79. The summed E-state index contributed by atoms with van der Waals surface area (Å²) in [4.78, 5) is 13.8. The molecule has 1 fully saturated rings. The average molecular weight is 294 g/mol. The van der Waals surface area contributed by atoms with Gasteiger partial charge in [-0.05, 0) is 37.3 Å². The molecule has 0 saturated heterocycles. The quantitative estimate of drug-likeness (QED) is 0.868. The van der Waals surface area contributed by atoms with Crippen LogP contribution in [0.1, 0.15) is 31.4 Å². The molecule has 114 valence electrons. The van der Waals surface area contributed by atoms with E-state index in [4.69, 9.17) is 9.98 Å². The predicted octanol–water partition coefficient (Wildman–Crippen LogP) is 2.92. The lowest BCUT2D eigenvalue weighted by Crippen LogP contribution is -2.30. The van der Waals surface area contributed by atoms with Crippen LogP contribution in [-0.2, 0) is 0 Å². The highest BCUT2D eigenvalue weighted by Gasteiger charge is 2.23. The molecule has 3 unspecified atom stereocenters. The van der Waals surface area contributed by atoms with Crippen LogP contribution in [0.2, 0.25) is 0 Å². The monoisotopic (exact) mass is 294 g/mol. The second-order valence-electron chi connectivity index (χ2n) is 5.69. The van der Waals surface area contributed by atoms with E-state index in [2.05, 4.69) is 16.4 Å². The Morgan fingerprint density at radius 2 is 1.95 bits per heavy atom. The number of nitrogens with zero attached hydrogens (tertiary/aromatic N) is 3. The van der Waals surface area contributed by atoms with Crippen LogP contribution in [0.3, 0.4) is 0 Å². The number of dihydropyridines is 1. The number of nitrogens with one attached hydrogen (secondary N) is 1. The summed E-state index contributed by atoms with van der Waals surface area (Å²) in [7, 11) is 0. The number of rotatable bonds is 4. The largest absolute Gasteiger partial charge is 0.380 e. The van der Waals surface area contributed by atoms with Crippen molar-refractivity contribution in [3.05, 3.63) is 54.5 Å². The first-order valence-electron chi connectivity index (χ1n) is 7.99. The highest BCUT2D eigenvalue weighted by Crippen LogP contribution is 2.23. The molecule has 2 aliphatic rings. The van der Waals surface area contributed by atoms with Gasteiger partial charge in [0.25, 0.3) is 0 Å². The number of hydrogen-bond donors (Lipinski definition) is 1. The zero-order valence-electron chi connectivity index (χ0n) is 12.7. The van der Waals surface area contributed by atoms with Gasteiger partial charge in [0.05, 0.1) is 23.8 Å². The standard InChI is InChI=1S/C18H22N4/c1-2-10-18(22-14-16-8-4-6-12-20-16)17(9-1)21-13-15-7-3-5-11-19-15/h3-8,11-15,17-19H,1-2,9-10H2. The number of allylic oxidation sites excluding steroid dienone is 2. The van der Waals surface area contributed by atoms with Gasteiger partial charge in [-0.2, -0.15) is 0 Å². The van der Waals surface area contributed by atoms with E-state index in [1.165, 1.54) is 12.8 Å². The van der Waals surface area contributed by atoms with Crippen molar-refractivity contribution < 1.29 is 0 Å². The van der Waals surface area contributed by atoms with E-state index in [9.17, 15) is 0 Å². The summed E-state index contributed by atoms with van der Waals surface area (Å²) in [6, 6.07) is 6.65. The van der Waals surface area contributed by atoms with Crippen molar-refractivity contribution in [1.82, 2.24) is 10.3 Å². The lowest BCUT2D eigenvalue weighted by atomic mass is 9.91. The number of aromatic nitrogens is 1. The Morgan fingerprint density at radius 1 is 1.09 bits per heavy atom. The van der Waals surface area contributed by atoms with Crippen molar-refractivity contribution in [2.45, 2.75) is 43.8 Å². The molecule has 0 radical (unpaired) electrons. The summed E-state index contributed by atoms with van der Waals surface area (Å²) in [5.41, 5.74) is 0.915. The fourth-order valence-electron chi connectivity index (χ4n) is 2.82. The van der Waals surface area contributed by atoms with Gasteiger partial charge in [-0.1, -0.05) is 31.1 Å². The third-order valence-electron chi connectivity index (χ3n) is 4.03. The lowest BCUT2D eigenvalue weighted by Gasteiger charge is -2.26. The van der Waals surface area contributed by atoms with Crippen LogP contribution < -0.4 is 5.32 Å². The van der Waals surface area contributed by atoms with E-state index >= 15 is 0 Å². The maximum atomic E-state index is 4.79. The van der Waals surface area contributed by atoms with Crippen molar-refractivity contribution in [3.8, 4) is 0 Å². The van der Waals surface area contributed by atoms with Gasteiger partial charge in [-0.25, -0.2) is 0 Å². The topological polar surface area (TPSA) is 49.6 Å². The van der Waals surface area contributed by atoms with Crippen LogP contribution in [0.15, 0.2) is 58.8 Å². The molecule has 1 aromatic heterocycles. The third kappa shape index (κ3) is 4.13. The Hall–Kier alpha value is -2.23. The predicted molar refractivity (Wildman–Crippen MR) is 91.6 cm³/mol. The fraction of sp³-hybridized carbons (Fsp3) is 0.389. The average Bonchev–Trinajstić information content (AvgIpc) is 2.61. The Bertz CT molecular complexity index is 574. The molecule has 1 N–H and O–H groups in total. The Labute approximate surface area is 131 Å². The van der Waals surface area contributed by atoms with E-state index < -0.39 is 0 Å². The van der Waals surface area contributed by atoms with Crippen molar-refractivity contribution in [3.63, 3.8) is 0 Å². The molecule has 0 aromatic carbocycles. The molecule has 0 spiro atoms. The van der Waals surface area contributed by atoms with Gasteiger partial charge in [0.15, 0.2) is 0 Å². The van der Waals surface area contributed by atoms with Crippen LogP contribution >= 0.6 is 0 Å². The van der Waals surface area contributed by atoms with Crippen LogP contribution in [0, 0.1) is 0 Å². The molecule has 1 aliphatic carbocycles. The van der Waals surface area contributed by atoms with Crippen molar-refractivity contribution in [2.24, 2.45) is 9.98 Å². The van der Waals surface area contributed by atoms with E-state index in [1.807, 2.05) is 49.0 Å². The summed E-state index contributed by atoms with van der Waals surface area (Å²) in [5, 5.41) is 3.27. The van der Waals surface area contributed by atoms with Crippen LogP contribution in [0.25, 0.3) is 0 Å². The summed E-state index contributed by atoms with van der Waals surface area (Å²) in [5.74, 6) is 0. The first kappa shape index (κ1) is 14.7. The molecule has 22 heavy (non-hydrogen) atoms. The molecule has 4 heteroatoms.